The molecule has 4 rings (SSSR count). The molecule has 0 amide bonds. The van der Waals surface area contributed by atoms with Crippen molar-refractivity contribution in [3.8, 4) is 0 Å². The van der Waals surface area contributed by atoms with E-state index >= 15 is 0 Å². The lowest BCUT2D eigenvalue weighted by Crippen LogP contribution is -2.51. The quantitative estimate of drug-likeness (QED) is 0.784. The molecule has 6 heteroatoms. The van der Waals surface area contributed by atoms with Crippen LogP contribution in [0.3, 0.4) is 0 Å². The fraction of sp³-hybridized carbons (Fsp3) is 0.500. The molecule has 0 saturated carbocycles. The first-order valence-electron chi connectivity index (χ1n) is 7.85. The molecule has 0 radical (unpaired) electrons. The third kappa shape index (κ3) is 2.60. The zero-order valence-corrected chi connectivity index (χ0v) is 12.5. The second kappa shape index (κ2) is 5.70. The van der Waals surface area contributed by atoms with Crippen molar-refractivity contribution in [1.82, 2.24) is 19.2 Å². The molecule has 2 saturated heterocycles. The minimum absolute atomic E-state index is 0.0163. The Kier molecular flexibility index (Phi) is 3.56. The summed E-state index contributed by atoms with van der Waals surface area (Å²) in [5, 5.41) is 0. The summed E-state index contributed by atoms with van der Waals surface area (Å²) in [6.07, 6.45) is 4.96. The lowest BCUT2D eigenvalue weighted by molar-refractivity contribution is -0.142. The maximum atomic E-state index is 11.7. The highest BCUT2D eigenvalue weighted by atomic mass is 16.5. The van der Waals surface area contributed by atoms with Gasteiger partial charge in [0.1, 0.15) is 11.7 Å². The molecule has 2 aliphatic heterocycles. The Labute approximate surface area is 129 Å². The van der Waals surface area contributed by atoms with E-state index in [-0.39, 0.29) is 12.0 Å². The number of carbonyl (C=O) groups is 1. The molecular weight excluding hydrogens is 280 g/mol. The molecule has 1 unspecified atom stereocenters. The second-order valence-electron chi connectivity index (χ2n) is 5.98. The smallest absolute Gasteiger partial charge is 0.323 e. The van der Waals surface area contributed by atoms with E-state index in [2.05, 4.69) is 25.4 Å². The summed E-state index contributed by atoms with van der Waals surface area (Å²) in [6.45, 7) is 5.23. The van der Waals surface area contributed by atoms with Crippen molar-refractivity contribution in [1.29, 1.82) is 0 Å². The van der Waals surface area contributed by atoms with Gasteiger partial charge in [-0.15, -0.1) is 0 Å². The fourth-order valence-electron chi connectivity index (χ4n) is 3.34. The van der Waals surface area contributed by atoms with Crippen LogP contribution in [0.5, 0.6) is 0 Å². The van der Waals surface area contributed by atoms with Crippen molar-refractivity contribution < 1.29 is 9.53 Å². The van der Waals surface area contributed by atoms with Gasteiger partial charge in [-0.25, -0.2) is 4.98 Å². The molecule has 2 fully saturated rings. The number of ether oxygens (including phenoxy) is 1. The number of fused-ring (bicyclic) bond motifs is 1. The van der Waals surface area contributed by atoms with Crippen molar-refractivity contribution in [2.75, 3.05) is 32.8 Å². The van der Waals surface area contributed by atoms with Gasteiger partial charge in [-0.2, -0.15) is 0 Å². The van der Waals surface area contributed by atoms with Crippen LogP contribution in [0.4, 0.5) is 0 Å². The largest absolute Gasteiger partial charge is 0.464 e. The lowest BCUT2D eigenvalue weighted by Gasteiger charge is -2.36. The van der Waals surface area contributed by atoms with Crippen LogP contribution in [0.15, 0.2) is 30.6 Å². The first-order valence-corrected chi connectivity index (χ1v) is 7.85. The first kappa shape index (κ1) is 13.7. The monoisotopic (exact) mass is 300 g/mol. The molecule has 116 valence electrons. The number of aromatic nitrogens is 2. The SMILES string of the molecule is O=C1OCCC1N1CCN(Cc2cn3ccccc3n2)CC1. The van der Waals surface area contributed by atoms with Crippen LogP contribution in [0.1, 0.15) is 12.1 Å². The number of esters is 1. The first-order chi connectivity index (χ1) is 10.8. The number of piperazine rings is 1. The van der Waals surface area contributed by atoms with E-state index < -0.39 is 0 Å². The van der Waals surface area contributed by atoms with Crippen LogP contribution >= 0.6 is 0 Å². The summed E-state index contributed by atoms with van der Waals surface area (Å²) in [4.78, 5) is 21.0. The van der Waals surface area contributed by atoms with E-state index in [0.717, 1.165) is 50.5 Å². The van der Waals surface area contributed by atoms with Crippen LogP contribution in [0.2, 0.25) is 0 Å². The van der Waals surface area contributed by atoms with Crippen LogP contribution in [-0.2, 0) is 16.1 Å². The third-order valence-electron chi connectivity index (χ3n) is 4.55. The molecule has 4 heterocycles. The Morgan fingerprint density at radius 2 is 2.09 bits per heavy atom. The van der Waals surface area contributed by atoms with E-state index in [1.165, 1.54) is 0 Å². The van der Waals surface area contributed by atoms with Crippen molar-refractivity contribution >= 4 is 11.6 Å². The molecular formula is C16H20N4O2. The average molecular weight is 300 g/mol. The summed E-state index contributed by atoms with van der Waals surface area (Å²) in [6, 6.07) is 6.02. The van der Waals surface area contributed by atoms with E-state index in [1.54, 1.807) is 0 Å². The van der Waals surface area contributed by atoms with Crippen LogP contribution in [-0.4, -0.2) is 64.0 Å². The van der Waals surface area contributed by atoms with Crippen LogP contribution in [0.25, 0.3) is 5.65 Å². The Hall–Kier alpha value is -1.92. The predicted molar refractivity (Wildman–Crippen MR) is 81.4 cm³/mol. The molecule has 0 bridgehead atoms. The van der Waals surface area contributed by atoms with Gasteiger partial charge in [0.15, 0.2) is 0 Å². The van der Waals surface area contributed by atoms with Gasteiger partial charge in [0.25, 0.3) is 0 Å². The third-order valence-corrected chi connectivity index (χ3v) is 4.55. The lowest BCUT2D eigenvalue weighted by atomic mass is 10.2. The Bertz CT molecular complexity index is 643. The minimum atomic E-state index is -0.0474. The molecule has 22 heavy (non-hydrogen) atoms. The highest BCUT2D eigenvalue weighted by Crippen LogP contribution is 2.17. The van der Waals surface area contributed by atoms with E-state index in [0.29, 0.717) is 6.61 Å². The van der Waals surface area contributed by atoms with Crippen molar-refractivity contribution in [3.63, 3.8) is 0 Å². The summed E-state index contributed by atoms with van der Waals surface area (Å²) >= 11 is 0. The highest BCUT2D eigenvalue weighted by molar-refractivity contribution is 5.77. The van der Waals surface area contributed by atoms with Crippen molar-refractivity contribution in [3.05, 3.63) is 36.3 Å². The van der Waals surface area contributed by atoms with Crippen LogP contribution in [0, 0.1) is 0 Å². The molecule has 1 atom stereocenters. The minimum Gasteiger partial charge on any atom is -0.464 e. The summed E-state index contributed by atoms with van der Waals surface area (Å²) in [5.74, 6) is -0.0474. The topological polar surface area (TPSA) is 50.1 Å². The maximum Gasteiger partial charge on any atom is 0.323 e. The molecule has 2 aromatic rings. The number of hydrogen-bond acceptors (Lipinski definition) is 5. The molecule has 0 N–H and O–H groups in total. The number of cyclic esters (lactones) is 1. The van der Waals surface area contributed by atoms with Crippen molar-refractivity contribution in [2.45, 2.75) is 19.0 Å². The van der Waals surface area contributed by atoms with E-state index in [4.69, 9.17) is 4.74 Å². The maximum absolute atomic E-state index is 11.7. The highest BCUT2D eigenvalue weighted by Gasteiger charge is 2.33. The van der Waals surface area contributed by atoms with Crippen LogP contribution < -0.4 is 0 Å². The normalized spacial score (nSPS) is 24.0. The number of rotatable bonds is 3. The van der Waals surface area contributed by atoms with Gasteiger partial charge in [-0.05, 0) is 12.1 Å². The summed E-state index contributed by atoms with van der Waals surface area (Å²) in [5.41, 5.74) is 2.09. The van der Waals surface area contributed by atoms with Gasteiger partial charge in [0.2, 0.25) is 0 Å². The molecule has 2 aliphatic rings. The van der Waals surface area contributed by atoms with E-state index in [1.807, 2.05) is 24.4 Å². The van der Waals surface area contributed by atoms with Crippen molar-refractivity contribution in [2.24, 2.45) is 0 Å². The van der Waals surface area contributed by atoms with Gasteiger partial charge in [0.05, 0.1) is 12.3 Å². The molecule has 0 spiro atoms. The number of hydrogen-bond donors (Lipinski definition) is 0. The average Bonchev–Trinajstić information content (AvgIpc) is 3.13. The van der Waals surface area contributed by atoms with Gasteiger partial charge < -0.3 is 9.14 Å². The Morgan fingerprint density at radius 3 is 2.82 bits per heavy atom. The molecule has 0 aromatic carbocycles. The molecule has 2 aromatic heterocycles. The standard InChI is InChI=1S/C16H20N4O2/c21-16-14(4-10-22-16)19-8-6-18(7-9-19)11-13-12-20-5-2-1-3-15(20)17-13/h1-3,5,12,14H,4,6-11H2. The molecule has 0 aliphatic carbocycles. The second-order valence-corrected chi connectivity index (χ2v) is 5.98. The number of carbonyl (C=O) groups excluding carboxylic acids is 1. The summed E-state index contributed by atoms with van der Waals surface area (Å²) in [7, 11) is 0. The van der Waals surface area contributed by atoms with Gasteiger partial charge in [-0.3, -0.25) is 14.6 Å². The fourth-order valence-corrected chi connectivity index (χ4v) is 3.34. The van der Waals surface area contributed by atoms with E-state index in [9.17, 15) is 4.79 Å². The molecule has 6 nitrogen and oxygen atoms in total. The number of imidazole rings is 1. The zero-order chi connectivity index (χ0) is 14.9. The Morgan fingerprint density at radius 1 is 1.23 bits per heavy atom. The number of nitrogens with zero attached hydrogens (tertiary/aromatic N) is 4. The number of pyridine rings is 1. The van der Waals surface area contributed by atoms with Gasteiger partial charge in [0, 0.05) is 51.5 Å². The summed E-state index contributed by atoms with van der Waals surface area (Å²) < 4.78 is 7.12. The predicted octanol–water partition coefficient (Wildman–Crippen LogP) is 0.767. The van der Waals surface area contributed by atoms with Gasteiger partial charge >= 0.3 is 5.97 Å². The zero-order valence-electron chi connectivity index (χ0n) is 12.5. The van der Waals surface area contributed by atoms with Gasteiger partial charge in [-0.1, -0.05) is 6.07 Å². The Balaban J connectivity index is 1.36.